The Labute approximate surface area is 244 Å². The van der Waals surface area contributed by atoms with Gasteiger partial charge in [-0.15, -0.1) is 0 Å². The van der Waals surface area contributed by atoms with Gasteiger partial charge in [-0.1, -0.05) is 58.4 Å². The van der Waals surface area contributed by atoms with Crippen LogP contribution in [0.1, 0.15) is 21.9 Å². The second-order valence-corrected chi connectivity index (χ2v) is 12.2. The molecule has 0 bridgehead atoms. The zero-order valence-electron chi connectivity index (χ0n) is 20.2. The number of thiazole rings is 1. The molecule has 2 amide bonds. The number of ether oxygens (including phenoxy) is 1. The molecule has 1 saturated heterocycles. The Bertz CT molecular complexity index is 1740. The minimum atomic E-state index is -0.876. The summed E-state index contributed by atoms with van der Waals surface area (Å²) in [6.45, 7) is 0.183. The molecule has 40 heavy (non-hydrogen) atoms. The van der Waals surface area contributed by atoms with Gasteiger partial charge in [0.15, 0.2) is 0 Å². The predicted molar refractivity (Wildman–Crippen MR) is 153 cm³/mol. The number of hydrogen-bond acceptors (Lipinski definition) is 8. The maximum Gasteiger partial charge on any atom is 0.305 e. The molecule has 0 radical (unpaired) electrons. The number of carbonyl (C=O) groups excluding carboxylic acids is 2. The maximum atomic E-state index is 14.0. The lowest BCUT2D eigenvalue weighted by Gasteiger charge is -2.31. The molecule has 1 fully saturated rings. The molecule has 13 heteroatoms. The molecule has 3 atom stereocenters. The number of H-pyrrole nitrogens is 1. The van der Waals surface area contributed by atoms with Crippen LogP contribution in [0.25, 0.3) is 0 Å². The molecule has 9 nitrogen and oxygen atoms in total. The van der Waals surface area contributed by atoms with Crippen LogP contribution in [0.4, 0.5) is 11.4 Å². The van der Waals surface area contributed by atoms with Gasteiger partial charge in [-0.25, -0.2) is 4.90 Å². The van der Waals surface area contributed by atoms with E-state index < -0.39 is 33.8 Å². The topological polar surface area (TPSA) is 123 Å². The van der Waals surface area contributed by atoms with Crippen molar-refractivity contribution in [3.8, 4) is 5.75 Å². The Kier molecular flexibility index (Phi) is 6.91. The van der Waals surface area contributed by atoms with E-state index in [1.165, 1.54) is 24.3 Å². The first kappa shape index (κ1) is 26.6. The molecule has 6 rings (SSSR count). The minimum Gasteiger partial charge on any atom is -0.489 e. The number of nitro benzene ring substituents is 1. The number of halogens is 2. The van der Waals surface area contributed by atoms with Crippen molar-refractivity contribution in [2.45, 2.75) is 22.8 Å². The van der Waals surface area contributed by atoms with Crippen molar-refractivity contribution in [1.29, 1.82) is 0 Å². The van der Waals surface area contributed by atoms with E-state index in [-0.39, 0.29) is 22.9 Å². The molecule has 2 aliphatic heterocycles. The number of benzene rings is 3. The van der Waals surface area contributed by atoms with E-state index in [0.29, 0.717) is 31.3 Å². The highest BCUT2D eigenvalue weighted by atomic mass is 35.5. The summed E-state index contributed by atoms with van der Waals surface area (Å²) in [4.78, 5) is 54.8. The van der Waals surface area contributed by atoms with E-state index in [0.717, 1.165) is 33.6 Å². The number of nitro groups is 1. The Balaban J connectivity index is 1.43. The number of fused-ring (bicyclic) bond motifs is 2. The number of aromatic nitrogens is 1. The van der Waals surface area contributed by atoms with E-state index >= 15 is 0 Å². The van der Waals surface area contributed by atoms with Crippen molar-refractivity contribution in [1.82, 2.24) is 4.98 Å². The van der Waals surface area contributed by atoms with Gasteiger partial charge in [-0.05, 0) is 48.0 Å². The summed E-state index contributed by atoms with van der Waals surface area (Å²) in [6, 6.07) is 17.5. The van der Waals surface area contributed by atoms with Crippen molar-refractivity contribution < 1.29 is 19.2 Å². The number of rotatable bonds is 6. The fourth-order valence-electron chi connectivity index (χ4n) is 5.01. The lowest BCUT2D eigenvalue weighted by molar-refractivity contribution is -0.384. The normalized spacial score (nSPS) is 19.9. The largest absolute Gasteiger partial charge is 0.489 e. The fraction of sp³-hybridized carbons (Fsp3) is 0.148. The molecular weight excluding hydrogens is 597 g/mol. The SMILES string of the molecule is O=C1C2Sc3[nH]c(=O)sc3[C@H](c3cc(Cl)ccc3OCc3cccc(Cl)c3)C2C(=O)N1c1ccc([N+](=O)[O-])cc1. The fourth-order valence-corrected chi connectivity index (χ4v) is 7.91. The van der Waals surface area contributed by atoms with Crippen LogP contribution in [0, 0.1) is 16.0 Å². The Morgan fingerprint density at radius 1 is 0.975 bits per heavy atom. The number of aromatic amines is 1. The Hall–Kier alpha value is -3.64. The van der Waals surface area contributed by atoms with Crippen molar-refractivity contribution in [3.05, 3.63) is 113 Å². The molecule has 2 unspecified atom stereocenters. The summed E-state index contributed by atoms with van der Waals surface area (Å²) in [7, 11) is 0. The average molecular weight is 614 g/mol. The first-order valence-electron chi connectivity index (χ1n) is 11.9. The average Bonchev–Trinajstić information content (AvgIpc) is 3.42. The van der Waals surface area contributed by atoms with Crippen molar-refractivity contribution in [3.63, 3.8) is 0 Å². The third-order valence-electron chi connectivity index (χ3n) is 6.73. The van der Waals surface area contributed by atoms with Crippen LogP contribution in [-0.2, 0) is 16.2 Å². The standard InChI is InChI=1S/C27H17Cl2N3O6S2/c28-14-3-1-2-13(10-14)12-38-19-9-4-15(29)11-18(19)20-21-23(39-24-22(20)40-27(35)30-24)26(34)31(25(21)33)16-5-7-17(8-6-16)32(36)37/h1-11,20-21,23H,12H2,(H,30,35)/t20-,21?,23?/m1/s1. The number of nitrogens with zero attached hydrogens (tertiary/aromatic N) is 2. The van der Waals surface area contributed by atoms with Crippen LogP contribution in [0.3, 0.4) is 0 Å². The highest BCUT2D eigenvalue weighted by molar-refractivity contribution is 8.00. The van der Waals surface area contributed by atoms with Gasteiger partial charge in [0, 0.05) is 38.5 Å². The van der Waals surface area contributed by atoms with Crippen LogP contribution < -0.4 is 14.5 Å². The number of imide groups is 1. The molecule has 0 saturated carbocycles. The molecule has 0 aliphatic carbocycles. The molecule has 1 N–H and O–H groups in total. The van der Waals surface area contributed by atoms with Gasteiger partial charge >= 0.3 is 4.87 Å². The molecule has 202 valence electrons. The second kappa shape index (κ2) is 10.4. The number of thioether (sulfide) groups is 1. The number of non-ortho nitro benzene ring substituents is 1. The van der Waals surface area contributed by atoms with E-state index in [1.807, 2.05) is 12.1 Å². The van der Waals surface area contributed by atoms with Gasteiger partial charge in [0.05, 0.1) is 21.6 Å². The summed E-state index contributed by atoms with van der Waals surface area (Å²) < 4.78 is 6.18. The summed E-state index contributed by atoms with van der Waals surface area (Å²) in [6.07, 6.45) is 0. The first-order chi connectivity index (χ1) is 19.2. The van der Waals surface area contributed by atoms with Crippen LogP contribution in [0.15, 0.2) is 76.6 Å². The maximum absolute atomic E-state index is 14.0. The molecular formula is C27H17Cl2N3O6S2. The van der Waals surface area contributed by atoms with E-state index in [9.17, 15) is 24.5 Å². The van der Waals surface area contributed by atoms with Crippen molar-refractivity contribution in [2.24, 2.45) is 5.92 Å². The predicted octanol–water partition coefficient (Wildman–Crippen LogP) is 6.03. The van der Waals surface area contributed by atoms with Gasteiger partial charge in [-0.2, -0.15) is 0 Å². The van der Waals surface area contributed by atoms with E-state index in [1.54, 1.807) is 30.3 Å². The van der Waals surface area contributed by atoms with Gasteiger partial charge < -0.3 is 9.72 Å². The van der Waals surface area contributed by atoms with Gasteiger partial charge in [-0.3, -0.25) is 24.5 Å². The molecule has 3 aromatic carbocycles. The molecule has 1 aromatic heterocycles. The third kappa shape index (κ3) is 4.68. The minimum absolute atomic E-state index is 0.160. The number of anilines is 1. The smallest absolute Gasteiger partial charge is 0.305 e. The second-order valence-electron chi connectivity index (χ2n) is 9.14. The number of amides is 2. The highest BCUT2D eigenvalue weighted by Crippen LogP contribution is 2.54. The molecule has 4 aromatic rings. The summed E-state index contributed by atoms with van der Waals surface area (Å²) in [5.41, 5.74) is 1.46. The van der Waals surface area contributed by atoms with Crippen molar-refractivity contribution in [2.75, 3.05) is 4.90 Å². The zero-order valence-corrected chi connectivity index (χ0v) is 23.4. The van der Waals surface area contributed by atoms with Gasteiger partial charge in [0.1, 0.15) is 17.6 Å². The zero-order chi connectivity index (χ0) is 28.1. The summed E-state index contributed by atoms with van der Waals surface area (Å²) in [5, 5.41) is 11.7. The van der Waals surface area contributed by atoms with Crippen molar-refractivity contribution >= 4 is 69.5 Å². The number of hydrogen-bond donors (Lipinski definition) is 1. The summed E-state index contributed by atoms with van der Waals surface area (Å²) in [5.74, 6) is -2.09. The van der Waals surface area contributed by atoms with Crippen LogP contribution >= 0.6 is 46.3 Å². The first-order valence-corrected chi connectivity index (χ1v) is 14.3. The molecule has 2 aliphatic rings. The highest BCUT2D eigenvalue weighted by Gasteiger charge is 2.56. The van der Waals surface area contributed by atoms with Gasteiger partial charge in [0.25, 0.3) is 5.69 Å². The van der Waals surface area contributed by atoms with Crippen LogP contribution in [0.2, 0.25) is 10.0 Å². The Morgan fingerprint density at radius 2 is 1.73 bits per heavy atom. The van der Waals surface area contributed by atoms with Crippen LogP contribution in [0.5, 0.6) is 5.75 Å². The van der Waals surface area contributed by atoms with E-state index in [4.69, 9.17) is 27.9 Å². The molecule has 0 spiro atoms. The van der Waals surface area contributed by atoms with E-state index in [2.05, 4.69) is 4.98 Å². The number of nitrogens with one attached hydrogen (secondary N) is 1. The number of carbonyl (C=O) groups is 2. The quantitative estimate of drug-likeness (QED) is 0.160. The lowest BCUT2D eigenvalue weighted by atomic mass is 9.82. The summed E-state index contributed by atoms with van der Waals surface area (Å²) >= 11 is 14.6. The third-order valence-corrected chi connectivity index (χ3v) is 9.60. The lowest BCUT2D eigenvalue weighted by Crippen LogP contribution is -2.32. The Morgan fingerprint density at radius 3 is 2.45 bits per heavy atom. The van der Waals surface area contributed by atoms with Gasteiger partial charge in [0.2, 0.25) is 11.8 Å². The van der Waals surface area contributed by atoms with Crippen LogP contribution in [-0.4, -0.2) is 27.0 Å². The monoisotopic (exact) mass is 613 g/mol. The molecule has 3 heterocycles.